The van der Waals surface area contributed by atoms with Crippen LogP contribution in [0.3, 0.4) is 0 Å². The molecule has 0 unspecified atom stereocenters. The molecule has 166 valence electrons. The maximum absolute atomic E-state index is 13.1. The molecule has 2 saturated carbocycles. The van der Waals surface area contributed by atoms with Crippen molar-refractivity contribution >= 4 is 29.4 Å². The molecule has 3 fully saturated rings. The largest absolute Gasteiger partial charge is 0.454 e. The van der Waals surface area contributed by atoms with Crippen LogP contribution < -0.4 is 5.32 Å². The number of fused-ring (bicyclic) bond motifs is 5. The fourth-order valence-corrected chi connectivity index (χ4v) is 5.68. The van der Waals surface area contributed by atoms with Crippen LogP contribution in [-0.2, 0) is 23.9 Å². The molecule has 2 aliphatic carbocycles. The van der Waals surface area contributed by atoms with Gasteiger partial charge in [0.25, 0.3) is 5.91 Å². The average molecular weight is 427 g/mol. The van der Waals surface area contributed by atoms with Crippen molar-refractivity contribution in [2.45, 2.75) is 53.0 Å². The number of hydrogen-bond donors (Lipinski definition) is 1. The van der Waals surface area contributed by atoms with Gasteiger partial charge in [-0.1, -0.05) is 26.0 Å². The summed E-state index contributed by atoms with van der Waals surface area (Å²) in [6, 6.07) is 4.57. The van der Waals surface area contributed by atoms with Crippen molar-refractivity contribution in [3.8, 4) is 0 Å². The number of nitrogens with one attached hydrogen (secondary N) is 1. The molecule has 1 aliphatic heterocycles. The van der Waals surface area contributed by atoms with Gasteiger partial charge >= 0.3 is 5.97 Å². The molecule has 5 atom stereocenters. The van der Waals surface area contributed by atoms with Gasteiger partial charge in [0.05, 0.1) is 11.8 Å². The van der Waals surface area contributed by atoms with Crippen LogP contribution in [0.5, 0.6) is 0 Å². The van der Waals surface area contributed by atoms with Crippen molar-refractivity contribution in [3.05, 3.63) is 29.3 Å². The zero-order chi connectivity index (χ0) is 22.4. The lowest BCUT2D eigenvalue weighted by molar-refractivity contribution is -0.162. The van der Waals surface area contributed by atoms with Gasteiger partial charge in [-0.05, 0) is 68.1 Å². The SMILES string of the molecule is Cc1cccc(NC(=O)COC(=O)[C@@H](C(C)C)N2C(=O)[C@@H]3[C@@H]4CC[C@@H](C4)[C@@H]3C2=O)c1C. The third-order valence-corrected chi connectivity index (χ3v) is 7.34. The molecule has 1 heterocycles. The number of anilines is 1. The topological polar surface area (TPSA) is 92.8 Å². The van der Waals surface area contributed by atoms with E-state index in [4.69, 9.17) is 4.74 Å². The molecule has 4 rings (SSSR count). The fourth-order valence-electron chi connectivity index (χ4n) is 5.68. The monoisotopic (exact) mass is 426 g/mol. The van der Waals surface area contributed by atoms with E-state index in [1.54, 1.807) is 19.9 Å². The van der Waals surface area contributed by atoms with Crippen LogP contribution in [0, 0.1) is 43.4 Å². The second kappa shape index (κ2) is 8.09. The summed E-state index contributed by atoms with van der Waals surface area (Å²) in [6.45, 7) is 6.95. The highest BCUT2D eigenvalue weighted by Gasteiger charge is 2.62. The maximum Gasteiger partial charge on any atom is 0.330 e. The quantitative estimate of drug-likeness (QED) is 0.558. The molecule has 7 nitrogen and oxygen atoms in total. The molecular formula is C24H30N2O5. The number of amides is 3. The number of esters is 1. The number of benzene rings is 1. The Morgan fingerprint density at radius 3 is 2.29 bits per heavy atom. The molecule has 0 spiro atoms. The summed E-state index contributed by atoms with van der Waals surface area (Å²) in [4.78, 5) is 52.6. The first-order valence-electron chi connectivity index (χ1n) is 11.1. The molecule has 2 bridgehead atoms. The number of likely N-dealkylation sites (tertiary alicyclic amines) is 1. The Balaban J connectivity index is 1.42. The summed E-state index contributed by atoms with van der Waals surface area (Å²) >= 11 is 0. The minimum absolute atomic E-state index is 0.238. The van der Waals surface area contributed by atoms with Gasteiger partial charge in [0.15, 0.2) is 6.61 Å². The molecule has 1 aromatic carbocycles. The predicted molar refractivity (Wildman–Crippen MR) is 114 cm³/mol. The minimum atomic E-state index is -1.00. The van der Waals surface area contributed by atoms with Crippen LogP contribution in [0.1, 0.15) is 44.2 Å². The van der Waals surface area contributed by atoms with E-state index in [0.29, 0.717) is 5.69 Å². The van der Waals surface area contributed by atoms with Crippen molar-refractivity contribution in [2.75, 3.05) is 11.9 Å². The Kier molecular flexibility index (Phi) is 5.62. The molecule has 31 heavy (non-hydrogen) atoms. The Bertz CT molecular complexity index is 912. The van der Waals surface area contributed by atoms with Gasteiger partial charge < -0.3 is 10.1 Å². The smallest absolute Gasteiger partial charge is 0.330 e. The third kappa shape index (κ3) is 3.64. The number of imide groups is 1. The second-order valence-corrected chi connectivity index (χ2v) is 9.52. The van der Waals surface area contributed by atoms with E-state index in [2.05, 4.69) is 5.32 Å². The molecule has 1 N–H and O–H groups in total. The summed E-state index contributed by atoms with van der Waals surface area (Å²) in [5, 5.41) is 2.75. The van der Waals surface area contributed by atoms with Gasteiger partial charge in [-0.3, -0.25) is 19.3 Å². The first-order chi connectivity index (χ1) is 14.7. The lowest BCUT2D eigenvalue weighted by Crippen LogP contribution is -2.50. The van der Waals surface area contributed by atoms with Crippen LogP contribution in [0.2, 0.25) is 0 Å². The van der Waals surface area contributed by atoms with E-state index in [1.807, 2.05) is 26.0 Å². The van der Waals surface area contributed by atoms with E-state index in [1.165, 1.54) is 0 Å². The Hall–Kier alpha value is -2.70. The van der Waals surface area contributed by atoms with E-state index in [0.717, 1.165) is 35.3 Å². The summed E-state index contributed by atoms with van der Waals surface area (Å²) in [5.74, 6) is -2.01. The molecule has 0 radical (unpaired) electrons. The predicted octanol–water partition coefficient (Wildman–Crippen LogP) is 2.84. The van der Waals surface area contributed by atoms with Gasteiger partial charge in [-0.15, -0.1) is 0 Å². The highest BCUT2D eigenvalue weighted by Crippen LogP contribution is 2.56. The van der Waals surface area contributed by atoms with E-state index < -0.39 is 24.5 Å². The molecule has 1 saturated heterocycles. The summed E-state index contributed by atoms with van der Waals surface area (Å²) in [7, 11) is 0. The molecule has 3 amide bonds. The molecule has 3 aliphatic rings. The number of aryl methyl sites for hydroxylation is 1. The van der Waals surface area contributed by atoms with E-state index >= 15 is 0 Å². The Morgan fingerprint density at radius 2 is 1.71 bits per heavy atom. The lowest BCUT2D eigenvalue weighted by Gasteiger charge is -2.28. The van der Waals surface area contributed by atoms with Crippen molar-refractivity contribution in [2.24, 2.45) is 29.6 Å². The number of hydrogen-bond acceptors (Lipinski definition) is 5. The summed E-state index contributed by atoms with van der Waals surface area (Å²) < 4.78 is 5.27. The average Bonchev–Trinajstić information content (AvgIpc) is 3.40. The van der Waals surface area contributed by atoms with Gasteiger partial charge in [0.1, 0.15) is 6.04 Å². The second-order valence-electron chi connectivity index (χ2n) is 9.52. The molecule has 7 heteroatoms. The van der Waals surface area contributed by atoms with Crippen molar-refractivity contribution in [1.82, 2.24) is 4.90 Å². The van der Waals surface area contributed by atoms with Crippen molar-refractivity contribution in [1.29, 1.82) is 0 Å². The molecular weight excluding hydrogens is 396 g/mol. The maximum atomic E-state index is 13.1. The first-order valence-corrected chi connectivity index (χ1v) is 11.1. The van der Waals surface area contributed by atoms with Crippen LogP contribution in [0.25, 0.3) is 0 Å². The number of rotatable bonds is 6. The van der Waals surface area contributed by atoms with Gasteiger partial charge in [0.2, 0.25) is 11.8 Å². The van der Waals surface area contributed by atoms with Crippen molar-refractivity contribution < 1.29 is 23.9 Å². The standard InChI is InChI=1S/C24H30N2O5/c1-12(2)21(26-22(28)19-15-8-9-16(10-15)20(19)23(26)29)24(30)31-11-18(27)25-17-7-5-6-13(3)14(17)4/h5-7,12,15-16,19-21H,8-11H2,1-4H3,(H,25,27)/t15-,16+,19-,20+,21-/m1/s1. The molecule has 1 aromatic rings. The summed E-state index contributed by atoms with van der Waals surface area (Å²) in [6.07, 6.45) is 2.90. The van der Waals surface area contributed by atoms with Gasteiger partial charge in [-0.25, -0.2) is 4.79 Å². The van der Waals surface area contributed by atoms with Crippen molar-refractivity contribution in [3.63, 3.8) is 0 Å². The highest BCUT2D eigenvalue weighted by molar-refractivity contribution is 6.08. The fraction of sp³-hybridized carbons (Fsp3) is 0.583. The number of nitrogens with zero attached hydrogens (tertiary/aromatic N) is 1. The van der Waals surface area contributed by atoms with E-state index in [-0.39, 0.29) is 41.4 Å². The zero-order valence-electron chi connectivity index (χ0n) is 18.5. The van der Waals surface area contributed by atoms with E-state index in [9.17, 15) is 19.2 Å². The van der Waals surface area contributed by atoms with Crippen LogP contribution in [0.4, 0.5) is 5.69 Å². The third-order valence-electron chi connectivity index (χ3n) is 7.34. The normalized spacial score (nSPS) is 27.6. The highest BCUT2D eigenvalue weighted by atomic mass is 16.5. The summed E-state index contributed by atoms with van der Waals surface area (Å²) in [5.41, 5.74) is 2.64. The number of carbonyl (C=O) groups excluding carboxylic acids is 4. The van der Waals surface area contributed by atoms with Crippen LogP contribution in [-0.4, -0.2) is 41.2 Å². The Morgan fingerprint density at radius 1 is 1.10 bits per heavy atom. The molecule has 0 aromatic heterocycles. The number of ether oxygens (including phenoxy) is 1. The first kappa shape index (κ1) is 21.5. The van der Waals surface area contributed by atoms with Crippen LogP contribution >= 0.6 is 0 Å². The van der Waals surface area contributed by atoms with Gasteiger partial charge in [-0.2, -0.15) is 0 Å². The van der Waals surface area contributed by atoms with Gasteiger partial charge in [0, 0.05) is 5.69 Å². The van der Waals surface area contributed by atoms with Crippen LogP contribution in [0.15, 0.2) is 18.2 Å². The lowest BCUT2D eigenvalue weighted by atomic mass is 9.81. The number of carbonyl (C=O) groups is 4. The minimum Gasteiger partial charge on any atom is -0.454 e. The zero-order valence-corrected chi connectivity index (χ0v) is 18.5. The Labute approximate surface area is 182 Å².